The number of aryl methyl sites for hydroxylation is 1. The molecule has 0 saturated carbocycles. The van der Waals surface area contributed by atoms with Gasteiger partial charge in [-0.05, 0) is 48.0 Å². The lowest BCUT2D eigenvalue weighted by Gasteiger charge is -2.26. The summed E-state index contributed by atoms with van der Waals surface area (Å²) in [6.45, 7) is 4.10. The monoisotopic (exact) mass is 460 g/mol. The molecular weight excluding hydrogens is 436 g/mol. The third kappa shape index (κ3) is 5.75. The number of rotatable bonds is 7. The number of halogens is 1. The fourth-order valence-electron chi connectivity index (χ4n) is 3.51. The Hall–Kier alpha value is -3.15. The van der Waals surface area contributed by atoms with E-state index in [1.165, 1.54) is 11.1 Å². The summed E-state index contributed by atoms with van der Waals surface area (Å²) >= 11 is 11.9. The molecule has 0 saturated heterocycles. The molecule has 0 aliphatic carbocycles. The van der Waals surface area contributed by atoms with Crippen molar-refractivity contribution in [3.8, 4) is 0 Å². The number of hydrogen-bond acceptors (Lipinski definition) is 2. The summed E-state index contributed by atoms with van der Waals surface area (Å²) in [5.74, 6) is 0.899. The Morgan fingerprint density at radius 3 is 2.00 bits per heavy atom. The van der Waals surface area contributed by atoms with Crippen LogP contribution in [0.5, 0.6) is 0 Å². The second-order valence-electron chi connectivity index (χ2n) is 7.72. The van der Waals surface area contributed by atoms with Crippen LogP contribution in [0.1, 0.15) is 22.3 Å². The molecule has 0 unspecified atom stereocenters. The van der Waals surface area contributed by atoms with Crippen LogP contribution in [0.15, 0.2) is 91.1 Å². The normalized spacial score (nSPS) is 10.7. The van der Waals surface area contributed by atoms with Crippen molar-refractivity contribution in [2.45, 2.75) is 26.6 Å². The molecule has 0 spiro atoms. The van der Waals surface area contributed by atoms with Crippen molar-refractivity contribution >= 4 is 34.7 Å². The summed E-state index contributed by atoms with van der Waals surface area (Å²) in [7, 11) is 0. The van der Waals surface area contributed by atoms with Crippen molar-refractivity contribution < 1.29 is 0 Å². The zero-order valence-electron chi connectivity index (χ0n) is 17.9. The molecule has 3 aromatic carbocycles. The number of anilines is 1. The van der Waals surface area contributed by atoms with Gasteiger partial charge in [-0.15, -0.1) is 0 Å². The van der Waals surface area contributed by atoms with Gasteiger partial charge in [-0.25, -0.2) is 4.68 Å². The molecule has 4 aromatic rings. The first kappa shape index (κ1) is 22.1. The molecule has 0 atom stereocenters. The maximum absolute atomic E-state index is 6.03. The molecule has 4 rings (SSSR count). The van der Waals surface area contributed by atoms with Gasteiger partial charge in [0.25, 0.3) is 0 Å². The number of nitrogens with one attached hydrogen (secondary N) is 1. The molecule has 1 heterocycles. The highest BCUT2D eigenvalue weighted by Gasteiger charge is 2.16. The number of hydrogen-bond donors (Lipinski definition) is 1. The van der Waals surface area contributed by atoms with Gasteiger partial charge in [0.05, 0.1) is 12.7 Å². The minimum atomic E-state index is 0.632. The van der Waals surface area contributed by atoms with E-state index < -0.39 is 0 Å². The fraction of sp³-hybridized carbons (Fsp3) is 0.154. The molecule has 0 aliphatic heterocycles. The second kappa shape index (κ2) is 10.4. The standard InChI is InChI=1S/C26H25ClN4S/c1-20-16-28-31(19-23-12-14-24(27)15-13-23)25(20)29-26(32)30(17-21-8-4-2-5-9-21)18-22-10-6-3-7-11-22/h2-16H,17-19H2,1H3,(H,29,32). The predicted molar refractivity (Wildman–Crippen MR) is 136 cm³/mol. The molecule has 0 radical (unpaired) electrons. The minimum Gasteiger partial charge on any atom is -0.340 e. The molecular formula is C26H25ClN4S. The molecule has 162 valence electrons. The van der Waals surface area contributed by atoms with E-state index in [9.17, 15) is 0 Å². The Morgan fingerprint density at radius 1 is 0.875 bits per heavy atom. The highest BCUT2D eigenvalue weighted by atomic mass is 35.5. The zero-order valence-corrected chi connectivity index (χ0v) is 19.5. The summed E-state index contributed by atoms with van der Waals surface area (Å²) < 4.78 is 1.94. The van der Waals surface area contributed by atoms with Crippen LogP contribution < -0.4 is 5.32 Å². The Kier molecular flexibility index (Phi) is 7.20. The molecule has 32 heavy (non-hydrogen) atoms. The van der Waals surface area contributed by atoms with Crippen molar-refractivity contribution in [1.82, 2.24) is 14.7 Å². The van der Waals surface area contributed by atoms with Crippen LogP contribution in [0.4, 0.5) is 5.82 Å². The third-order valence-electron chi connectivity index (χ3n) is 5.21. The molecule has 6 heteroatoms. The molecule has 1 aromatic heterocycles. The Morgan fingerprint density at radius 2 is 1.44 bits per heavy atom. The maximum Gasteiger partial charge on any atom is 0.175 e. The van der Waals surface area contributed by atoms with Crippen LogP contribution >= 0.6 is 23.8 Å². The van der Waals surface area contributed by atoms with Crippen molar-refractivity contribution in [1.29, 1.82) is 0 Å². The second-order valence-corrected chi connectivity index (χ2v) is 8.54. The van der Waals surface area contributed by atoms with Gasteiger partial charge >= 0.3 is 0 Å². The van der Waals surface area contributed by atoms with Crippen molar-refractivity contribution in [3.05, 3.63) is 118 Å². The molecule has 0 bridgehead atoms. The van der Waals surface area contributed by atoms with E-state index >= 15 is 0 Å². The first-order valence-electron chi connectivity index (χ1n) is 10.5. The number of aromatic nitrogens is 2. The lowest BCUT2D eigenvalue weighted by Crippen LogP contribution is -2.34. The van der Waals surface area contributed by atoms with Crippen molar-refractivity contribution in [2.24, 2.45) is 0 Å². The highest BCUT2D eigenvalue weighted by molar-refractivity contribution is 7.80. The molecule has 0 amide bonds. The van der Waals surface area contributed by atoms with Crippen molar-refractivity contribution in [2.75, 3.05) is 5.32 Å². The summed E-state index contributed by atoms with van der Waals surface area (Å²) in [5.41, 5.74) is 4.58. The van der Waals surface area contributed by atoms with Crippen LogP contribution in [-0.2, 0) is 19.6 Å². The van der Waals surface area contributed by atoms with Gasteiger partial charge in [-0.2, -0.15) is 5.10 Å². The van der Waals surface area contributed by atoms with Gasteiger partial charge in [-0.1, -0.05) is 84.4 Å². The Labute approximate surface area is 199 Å². The largest absolute Gasteiger partial charge is 0.340 e. The molecule has 4 nitrogen and oxygen atoms in total. The van der Waals surface area contributed by atoms with E-state index in [1.807, 2.05) is 54.2 Å². The fourth-order valence-corrected chi connectivity index (χ4v) is 3.86. The van der Waals surface area contributed by atoms with Crippen LogP contribution in [-0.4, -0.2) is 19.8 Å². The van der Waals surface area contributed by atoms with Gasteiger partial charge in [0, 0.05) is 23.7 Å². The van der Waals surface area contributed by atoms with E-state index in [-0.39, 0.29) is 0 Å². The zero-order chi connectivity index (χ0) is 22.3. The first-order chi connectivity index (χ1) is 15.6. The highest BCUT2D eigenvalue weighted by Crippen LogP contribution is 2.19. The number of nitrogens with zero attached hydrogens (tertiary/aromatic N) is 3. The topological polar surface area (TPSA) is 33.1 Å². The van der Waals surface area contributed by atoms with Gasteiger partial charge in [-0.3, -0.25) is 0 Å². The average Bonchev–Trinajstić information content (AvgIpc) is 3.15. The SMILES string of the molecule is Cc1cnn(Cc2ccc(Cl)cc2)c1NC(=S)N(Cc1ccccc1)Cc1ccccc1. The van der Waals surface area contributed by atoms with E-state index in [0.29, 0.717) is 24.7 Å². The summed E-state index contributed by atoms with van der Waals surface area (Å²) in [6, 6.07) is 28.6. The van der Waals surface area contributed by atoms with E-state index in [2.05, 4.69) is 63.8 Å². The molecule has 1 N–H and O–H groups in total. The number of thiocarbonyl (C=S) groups is 1. The maximum atomic E-state index is 6.03. The average molecular weight is 461 g/mol. The van der Waals surface area contributed by atoms with Crippen molar-refractivity contribution in [3.63, 3.8) is 0 Å². The summed E-state index contributed by atoms with van der Waals surface area (Å²) in [4.78, 5) is 2.18. The van der Waals surface area contributed by atoms with Crippen LogP contribution in [0.25, 0.3) is 0 Å². The van der Waals surface area contributed by atoms with E-state index in [4.69, 9.17) is 23.8 Å². The summed E-state index contributed by atoms with van der Waals surface area (Å²) in [5, 5.41) is 9.41. The Bertz CT molecular complexity index is 1120. The molecule has 0 aliphatic rings. The van der Waals surface area contributed by atoms with Gasteiger partial charge < -0.3 is 10.2 Å². The Balaban J connectivity index is 1.55. The quantitative estimate of drug-likeness (QED) is 0.328. The van der Waals surface area contributed by atoms with Gasteiger partial charge in [0.2, 0.25) is 0 Å². The van der Waals surface area contributed by atoms with E-state index in [0.717, 1.165) is 22.0 Å². The van der Waals surface area contributed by atoms with Crippen LogP contribution in [0.2, 0.25) is 5.02 Å². The lowest BCUT2D eigenvalue weighted by molar-refractivity contribution is 0.412. The van der Waals surface area contributed by atoms with E-state index in [1.54, 1.807) is 0 Å². The molecule has 0 fully saturated rings. The minimum absolute atomic E-state index is 0.632. The van der Waals surface area contributed by atoms with Gasteiger partial charge in [0.1, 0.15) is 5.82 Å². The first-order valence-corrected chi connectivity index (χ1v) is 11.3. The lowest BCUT2D eigenvalue weighted by atomic mass is 10.2. The smallest absolute Gasteiger partial charge is 0.175 e. The van der Waals surface area contributed by atoms with Crippen LogP contribution in [0.3, 0.4) is 0 Å². The predicted octanol–water partition coefficient (Wildman–Crippen LogP) is 6.29. The van der Waals surface area contributed by atoms with Gasteiger partial charge in [0.15, 0.2) is 5.11 Å². The van der Waals surface area contributed by atoms with Crippen LogP contribution in [0, 0.1) is 6.92 Å². The summed E-state index contributed by atoms with van der Waals surface area (Å²) in [6.07, 6.45) is 1.86. The number of benzene rings is 3. The third-order valence-corrected chi connectivity index (χ3v) is 5.83.